The molecule has 0 atom stereocenters. The normalized spacial score (nSPS) is 10.9. The van der Waals surface area contributed by atoms with Gasteiger partial charge in [-0.2, -0.15) is 5.10 Å². The smallest absolute Gasteiger partial charge is 0.0662 e. The van der Waals surface area contributed by atoms with Crippen molar-refractivity contribution >= 4 is 0 Å². The summed E-state index contributed by atoms with van der Waals surface area (Å²) in [6.07, 6.45) is 5.35. The first-order valence-electron chi connectivity index (χ1n) is 6.67. The van der Waals surface area contributed by atoms with Crippen molar-refractivity contribution < 1.29 is 4.74 Å². The van der Waals surface area contributed by atoms with Crippen LogP contribution in [0.25, 0.3) is 0 Å². The molecule has 0 spiro atoms. The number of hydrogen-bond donors (Lipinski definition) is 1. The average Bonchev–Trinajstić information content (AvgIpc) is 2.77. The molecule has 4 nitrogen and oxygen atoms in total. The molecule has 0 saturated heterocycles. The molecule has 1 heterocycles. The SMILES string of the molecule is CCCCOCCn1nccc1CNCCC. The quantitative estimate of drug-likeness (QED) is 0.636. The zero-order valence-corrected chi connectivity index (χ0v) is 11.1. The third-order valence-corrected chi connectivity index (χ3v) is 2.63. The summed E-state index contributed by atoms with van der Waals surface area (Å²) in [5.41, 5.74) is 1.23. The van der Waals surface area contributed by atoms with E-state index in [2.05, 4.69) is 30.3 Å². The number of unbranched alkanes of at least 4 members (excludes halogenated alkanes) is 1. The van der Waals surface area contributed by atoms with Crippen LogP contribution in [0.3, 0.4) is 0 Å². The Balaban J connectivity index is 2.20. The maximum atomic E-state index is 5.55. The van der Waals surface area contributed by atoms with Crippen LogP contribution in [0.5, 0.6) is 0 Å². The summed E-state index contributed by atoms with van der Waals surface area (Å²) in [6.45, 7) is 8.75. The van der Waals surface area contributed by atoms with Crippen molar-refractivity contribution in [2.45, 2.75) is 46.2 Å². The number of ether oxygens (including phenoxy) is 1. The van der Waals surface area contributed by atoms with Gasteiger partial charge in [-0.1, -0.05) is 20.3 Å². The summed E-state index contributed by atoms with van der Waals surface area (Å²) < 4.78 is 7.57. The number of aromatic nitrogens is 2. The molecule has 0 fully saturated rings. The van der Waals surface area contributed by atoms with E-state index in [1.807, 2.05) is 10.9 Å². The van der Waals surface area contributed by atoms with Gasteiger partial charge < -0.3 is 10.1 Å². The van der Waals surface area contributed by atoms with E-state index in [1.165, 1.54) is 12.1 Å². The van der Waals surface area contributed by atoms with Gasteiger partial charge in [-0.3, -0.25) is 4.68 Å². The second-order valence-electron chi connectivity index (χ2n) is 4.19. The highest BCUT2D eigenvalue weighted by molar-refractivity contribution is 4.99. The molecular formula is C13H25N3O. The summed E-state index contributed by atoms with van der Waals surface area (Å²) in [6, 6.07) is 2.06. The third-order valence-electron chi connectivity index (χ3n) is 2.63. The van der Waals surface area contributed by atoms with Crippen LogP contribution in [-0.4, -0.2) is 29.5 Å². The van der Waals surface area contributed by atoms with E-state index in [0.29, 0.717) is 0 Å². The fraction of sp³-hybridized carbons (Fsp3) is 0.769. The Morgan fingerprint density at radius 2 is 2.18 bits per heavy atom. The number of nitrogens with zero attached hydrogens (tertiary/aromatic N) is 2. The van der Waals surface area contributed by atoms with E-state index < -0.39 is 0 Å². The summed E-state index contributed by atoms with van der Waals surface area (Å²) in [5.74, 6) is 0. The number of hydrogen-bond acceptors (Lipinski definition) is 3. The molecule has 1 rings (SSSR count). The van der Waals surface area contributed by atoms with Gasteiger partial charge in [0.25, 0.3) is 0 Å². The Morgan fingerprint density at radius 3 is 2.94 bits per heavy atom. The molecule has 0 aliphatic carbocycles. The van der Waals surface area contributed by atoms with Crippen molar-refractivity contribution in [2.24, 2.45) is 0 Å². The maximum Gasteiger partial charge on any atom is 0.0662 e. The predicted octanol–water partition coefficient (Wildman–Crippen LogP) is 2.20. The first kappa shape index (κ1) is 14.2. The Bertz CT molecular complexity index is 286. The molecule has 98 valence electrons. The fourth-order valence-electron chi connectivity index (χ4n) is 1.60. The van der Waals surface area contributed by atoms with Gasteiger partial charge in [-0.15, -0.1) is 0 Å². The maximum absolute atomic E-state index is 5.55. The van der Waals surface area contributed by atoms with E-state index >= 15 is 0 Å². The van der Waals surface area contributed by atoms with Crippen LogP contribution < -0.4 is 5.32 Å². The van der Waals surface area contributed by atoms with E-state index in [0.717, 1.165) is 45.7 Å². The van der Waals surface area contributed by atoms with Crippen LogP contribution in [-0.2, 0) is 17.8 Å². The minimum atomic E-state index is 0.752. The standard InChI is InChI=1S/C13H25N3O/c1-3-5-10-17-11-9-16-13(6-8-15-16)12-14-7-4-2/h6,8,14H,3-5,7,9-12H2,1-2H3. The van der Waals surface area contributed by atoms with E-state index in [9.17, 15) is 0 Å². The second-order valence-corrected chi connectivity index (χ2v) is 4.19. The molecule has 0 radical (unpaired) electrons. The first-order valence-corrected chi connectivity index (χ1v) is 6.67. The minimum absolute atomic E-state index is 0.752. The average molecular weight is 239 g/mol. The summed E-state index contributed by atoms with van der Waals surface area (Å²) in [5, 5.41) is 7.70. The van der Waals surface area contributed by atoms with Crippen molar-refractivity contribution in [1.82, 2.24) is 15.1 Å². The molecule has 1 aromatic rings. The third kappa shape index (κ3) is 5.84. The Hall–Kier alpha value is -0.870. The molecule has 4 heteroatoms. The Morgan fingerprint density at radius 1 is 1.29 bits per heavy atom. The summed E-state index contributed by atoms with van der Waals surface area (Å²) >= 11 is 0. The van der Waals surface area contributed by atoms with Gasteiger partial charge in [-0.05, 0) is 25.5 Å². The Kier molecular flexibility index (Phi) is 7.67. The van der Waals surface area contributed by atoms with Gasteiger partial charge in [0.15, 0.2) is 0 Å². The van der Waals surface area contributed by atoms with Gasteiger partial charge in [0.05, 0.1) is 18.8 Å². The van der Waals surface area contributed by atoms with Crippen LogP contribution in [0, 0.1) is 0 Å². The number of rotatable bonds is 10. The zero-order chi connectivity index (χ0) is 12.3. The van der Waals surface area contributed by atoms with Crippen LogP contribution in [0.1, 0.15) is 38.8 Å². The highest BCUT2D eigenvalue weighted by Crippen LogP contribution is 1.99. The molecule has 1 N–H and O–H groups in total. The molecule has 17 heavy (non-hydrogen) atoms. The molecule has 0 bridgehead atoms. The summed E-state index contributed by atoms with van der Waals surface area (Å²) in [4.78, 5) is 0. The lowest BCUT2D eigenvalue weighted by atomic mass is 10.4. The molecule has 0 aliphatic heterocycles. The largest absolute Gasteiger partial charge is 0.380 e. The van der Waals surface area contributed by atoms with Gasteiger partial charge in [0, 0.05) is 19.3 Å². The van der Waals surface area contributed by atoms with Crippen molar-refractivity contribution in [3.63, 3.8) is 0 Å². The van der Waals surface area contributed by atoms with Crippen LogP contribution in [0.2, 0.25) is 0 Å². The number of nitrogens with one attached hydrogen (secondary N) is 1. The van der Waals surface area contributed by atoms with Crippen molar-refractivity contribution in [3.05, 3.63) is 18.0 Å². The topological polar surface area (TPSA) is 39.1 Å². The van der Waals surface area contributed by atoms with Gasteiger partial charge in [0.1, 0.15) is 0 Å². The lowest BCUT2D eigenvalue weighted by Crippen LogP contribution is -2.18. The van der Waals surface area contributed by atoms with Gasteiger partial charge >= 0.3 is 0 Å². The highest BCUT2D eigenvalue weighted by Gasteiger charge is 2.01. The van der Waals surface area contributed by atoms with Crippen LogP contribution in [0.4, 0.5) is 0 Å². The van der Waals surface area contributed by atoms with Crippen LogP contribution >= 0.6 is 0 Å². The van der Waals surface area contributed by atoms with Crippen molar-refractivity contribution in [3.8, 4) is 0 Å². The highest BCUT2D eigenvalue weighted by atomic mass is 16.5. The minimum Gasteiger partial charge on any atom is -0.380 e. The molecule has 0 amide bonds. The molecule has 0 saturated carbocycles. The molecule has 0 aromatic carbocycles. The zero-order valence-electron chi connectivity index (χ0n) is 11.1. The van der Waals surface area contributed by atoms with Crippen LogP contribution in [0.15, 0.2) is 12.3 Å². The predicted molar refractivity (Wildman–Crippen MR) is 70.0 cm³/mol. The molecule has 1 aromatic heterocycles. The monoisotopic (exact) mass is 239 g/mol. The van der Waals surface area contributed by atoms with Crippen molar-refractivity contribution in [1.29, 1.82) is 0 Å². The fourth-order valence-corrected chi connectivity index (χ4v) is 1.60. The summed E-state index contributed by atoms with van der Waals surface area (Å²) in [7, 11) is 0. The van der Waals surface area contributed by atoms with E-state index in [1.54, 1.807) is 0 Å². The lowest BCUT2D eigenvalue weighted by molar-refractivity contribution is 0.120. The second kappa shape index (κ2) is 9.19. The van der Waals surface area contributed by atoms with E-state index in [-0.39, 0.29) is 0 Å². The first-order chi connectivity index (χ1) is 8.38. The Labute approximate surface area is 104 Å². The van der Waals surface area contributed by atoms with E-state index in [4.69, 9.17) is 4.74 Å². The molecule has 0 unspecified atom stereocenters. The lowest BCUT2D eigenvalue weighted by Gasteiger charge is -2.08. The molecule has 0 aliphatic rings. The van der Waals surface area contributed by atoms with Crippen molar-refractivity contribution in [2.75, 3.05) is 19.8 Å². The molecular weight excluding hydrogens is 214 g/mol. The van der Waals surface area contributed by atoms with Gasteiger partial charge in [-0.25, -0.2) is 0 Å². The van der Waals surface area contributed by atoms with Gasteiger partial charge in [0.2, 0.25) is 0 Å².